The Hall–Kier alpha value is -2.44. The van der Waals surface area contributed by atoms with E-state index in [1.165, 1.54) is 39.8 Å². The molecule has 18 heavy (non-hydrogen) atoms. The lowest BCUT2D eigenvalue weighted by Crippen LogP contribution is -2.20. The molecule has 2 rings (SSSR count). The number of allylic oxidation sites excluding steroid dienone is 1. The van der Waals surface area contributed by atoms with Crippen LogP contribution in [0.2, 0.25) is 0 Å². The summed E-state index contributed by atoms with van der Waals surface area (Å²) in [5, 5.41) is 4.06. The molecule has 0 saturated heterocycles. The minimum absolute atomic E-state index is 0.208. The lowest BCUT2D eigenvalue weighted by atomic mass is 10.5. The minimum Gasteiger partial charge on any atom is -0.463 e. The number of ether oxygens (including phenoxy) is 1. The highest BCUT2D eigenvalue weighted by molar-refractivity contribution is 5.81. The second-order valence-corrected chi connectivity index (χ2v) is 3.42. The minimum atomic E-state index is -0.434. The lowest BCUT2D eigenvalue weighted by molar-refractivity contribution is -0.137. The number of carbonyl (C=O) groups is 1. The fourth-order valence-corrected chi connectivity index (χ4v) is 1.44. The summed E-state index contributed by atoms with van der Waals surface area (Å²) in [5.41, 5.74) is 0.188. The Labute approximate surface area is 102 Å². The first-order chi connectivity index (χ1) is 8.72. The third kappa shape index (κ3) is 2.45. The van der Waals surface area contributed by atoms with Crippen LogP contribution >= 0.6 is 0 Å². The van der Waals surface area contributed by atoms with Crippen LogP contribution < -0.4 is 5.69 Å². The lowest BCUT2D eigenvalue weighted by Gasteiger charge is -1.94. The number of rotatable bonds is 4. The first-order valence-electron chi connectivity index (χ1n) is 5.45. The van der Waals surface area contributed by atoms with E-state index in [-0.39, 0.29) is 12.2 Å². The molecule has 0 spiro atoms. The van der Waals surface area contributed by atoms with Crippen molar-refractivity contribution in [2.75, 3.05) is 6.61 Å². The summed E-state index contributed by atoms with van der Waals surface area (Å²) >= 11 is 0. The summed E-state index contributed by atoms with van der Waals surface area (Å²) in [6.45, 7) is 2.26. The van der Waals surface area contributed by atoms with Crippen LogP contribution in [-0.4, -0.2) is 31.7 Å². The van der Waals surface area contributed by atoms with Crippen molar-refractivity contribution in [3.05, 3.63) is 41.2 Å². The van der Waals surface area contributed by atoms with Crippen LogP contribution in [0.4, 0.5) is 0 Å². The molecular weight excluding hydrogens is 236 g/mol. The van der Waals surface area contributed by atoms with Gasteiger partial charge >= 0.3 is 11.7 Å². The number of esters is 1. The van der Waals surface area contributed by atoms with Crippen LogP contribution in [0.1, 0.15) is 6.92 Å². The van der Waals surface area contributed by atoms with Gasteiger partial charge in [0.15, 0.2) is 5.65 Å². The molecule has 0 bridgehead atoms. The number of fused-ring (bicyclic) bond motifs is 1. The molecule has 0 aromatic carbocycles. The summed E-state index contributed by atoms with van der Waals surface area (Å²) in [4.78, 5) is 26.7. The second-order valence-electron chi connectivity index (χ2n) is 3.42. The SMILES string of the molecule is CCOC(=O)/C=C/Cn1nc2cnccn2c1=O. The topological polar surface area (TPSA) is 78.5 Å². The molecular formula is C11H12N4O3. The van der Waals surface area contributed by atoms with Gasteiger partial charge < -0.3 is 4.74 Å². The Bertz CT molecular complexity index is 641. The van der Waals surface area contributed by atoms with Gasteiger partial charge in [-0.3, -0.25) is 4.98 Å². The Kier molecular flexibility index (Phi) is 3.52. The molecule has 0 atom stereocenters. The van der Waals surface area contributed by atoms with Gasteiger partial charge in [0, 0.05) is 18.5 Å². The molecule has 7 heteroatoms. The molecule has 2 aromatic heterocycles. The smallest absolute Gasteiger partial charge is 0.350 e. The summed E-state index contributed by atoms with van der Waals surface area (Å²) in [7, 11) is 0. The van der Waals surface area contributed by atoms with Crippen LogP contribution in [-0.2, 0) is 16.1 Å². The van der Waals surface area contributed by atoms with Gasteiger partial charge in [0.1, 0.15) is 0 Å². The maximum absolute atomic E-state index is 11.8. The third-order valence-corrected chi connectivity index (χ3v) is 2.21. The van der Waals surface area contributed by atoms with E-state index >= 15 is 0 Å². The highest BCUT2D eigenvalue weighted by Crippen LogP contribution is 1.92. The van der Waals surface area contributed by atoms with Crippen LogP contribution in [0.25, 0.3) is 5.65 Å². The van der Waals surface area contributed by atoms with Gasteiger partial charge in [-0.15, -0.1) is 5.10 Å². The van der Waals surface area contributed by atoms with E-state index in [1.807, 2.05) is 0 Å². The Morgan fingerprint density at radius 1 is 1.56 bits per heavy atom. The molecule has 0 aliphatic carbocycles. The highest BCUT2D eigenvalue weighted by Gasteiger charge is 2.04. The molecule has 7 nitrogen and oxygen atoms in total. The van der Waals surface area contributed by atoms with Crippen LogP contribution in [0.3, 0.4) is 0 Å². The molecule has 0 aliphatic rings. The number of carbonyl (C=O) groups excluding carboxylic acids is 1. The zero-order valence-electron chi connectivity index (χ0n) is 9.81. The summed E-state index contributed by atoms with van der Waals surface area (Å²) in [6, 6.07) is 0. The molecule has 0 N–H and O–H groups in total. The number of hydrogen-bond acceptors (Lipinski definition) is 5. The Balaban J connectivity index is 2.15. The molecule has 0 aliphatic heterocycles. The molecule has 0 unspecified atom stereocenters. The second kappa shape index (κ2) is 5.26. The first-order valence-corrected chi connectivity index (χ1v) is 5.45. The zero-order chi connectivity index (χ0) is 13.0. The summed E-state index contributed by atoms with van der Waals surface area (Å²) < 4.78 is 7.34. The van der Waals surface area contributed by atoms with Crippen LogP contribution in [0.15, 0.2) is 35.5 Å². The van der Waals surface area contributed by atoms with E-state index in [1.54, 1.807) is 6.92 Å². The van der Waals surface area contributed by atoms with E-state index in [4.69, 9.17) is 4.74 Å². The molecule has 0 amide bonds. The van der Waals surface area contributed by atoms with E-state index in [9.17, 15) is 9.59 Å². The maximum Gasteiger partial charge on any atom is 0.350 e. The highest BCUT2D eigenvalue weighted by atomic mass is 16.5. The van der Waals surface area contributed by atoms with Crippen molar-refractivity contribution in [2.45, 2.75) is 13.5 Å². The fraction of sp³-hybridized carbons (Fsp3) is 0.273. The average molecular weight is 248 g/mol. The maximum atomic E-state index is 11.8. The van der Waals surface area contributed by atoms with Crippen molar-refractivity contribution in [2.24, 2.45) is 0 Å². The van der Waals surface area contributed by atoms with E-state index in [2.05, 4.69) is 10.1 Å². The number of hydrogen-bond donors (Lipinski definition) is 0. The zero-order valence-corrected chi connectivity index (χ0v) is 9.81. The first kappa shape index (κ1) is 12.0. The molecule has 94 valence electrons. The van der Waals surface area contributed by atoms with Gasteiger partial charge in [-0.05, 0) is 6.92 Å². The van der Waals surface area contributed by atoms with Crippen molar-refractivity contribution in [3.8, 4) is 0 Å². The van der Waals surface area contributed by atoms with Crippen molar-refractivity contribution in [1.82, 2.24) is 19.2 Å². The van der Waals surface area contributed by atoms with Crippen LogP contribution in [0.5, 0.6) is 0 Å². The Morgan fingerprint density at radius 2 is 2.39 bits per heavy atom. The van der Waals surface area contributed by atoms with E-state index in [0.717, 1.165) is 0 Å². The molecule has 2 aromatic rings. The number of nitrogens with zero attached hydrogens (tertiary/aromatic N) is 4. The van der Waals surface area contributed by atoms with E-state index in [0.29, 0.717) is 12.3 Å². The van der Waals surface area contributed by atoms with Crippen LogP contribution in [0, 0.1) is 0 Å². The predicted octanol–water partition coefficient (Wildman–Crippen LogP) is 0.0103. The summed E-state index contributed by atoms with van der Waals surface area (Å²) in [6.07, 6.45) is 7.34. The third-order valence-electron chi connectivity index (χ3n) is 2.21. The predicted molar refractivity (Wildman–Crippen MR) is 63.0 cm³/mol. The molecule has 0 saturated carbocycles. The standard InChI is InChI=1S/C11H12N4O3/c1-2-18-10(16)4-3-6-15-11(17)14-7-5-12-8-9(14)13-15/h3-5,7-8H,2,6H2,1H3/b4-3+. The van der Waals surface area contributed by atoms with Crippen molar-refractivity contribution < 1.29 is 9.53 Å². The van der Waals surface area contributed by atoms with Gasteiger partial charge in [-0.2, -0.15) is 0 Å². The number of aromatic nitrogens is 4. The fourth-order valence-electron chi connectivity index (χ4n) is 1.44. The van der Waals surface area contributed by atoms with E-state index < -0.39 is 5.97 Å². The van der Waals surface area contributed by atoms with Gasteiger partial charge in [0.25, 0.3) is 0 Å². The van der Waals surface area contributed by atoms with Gasteiger partial charge in [-0.25, -0.2) is 18.7 Å². The monoisotopic (exact) mass is 248 g/mol. The normalized spacial score (nSPS) is 11.2. The average Bonchev–Trinajstić information content (AvgIpc) is 2.68. The van der Waals surface area contributed by atoms with Crippen molar-refractivity contribution in [3.63, 3.8) is 0 Å². The van der Waals surface area contributed by atoms with Gasteiger partial charge in [-0.1, -0.05) is 6.08 Å². The van der Waals surface area contributed by atoms with Crippen molar-refractivity contribution in [1.29, 1.82) is 0 Å². The van der Waals surface area contributed by atoms with Gasteiger partial charge in [0.2, 0.25) is 0 Å². The van der Waals surface area contributed by atoms with Crippen molar-refractivity contribution >= 4 is 11.6 Å². The van der Waals surface area contributed by atoms with Gasteiger partial charge in [0.05, 0.1) is 19.3 Å². The largest absolute Gasteiger partial charge is 0.463 e. The molecule has 0 fully saturated rings. The molecule has 2 heterocycles. The quantitative estimate of drug-likeness (QED) is 0.562. The summed E-state index contributed by atoms with van der Waals surface area (Å²) in [5.74, 6) is -0.434. The molecule has 0 radical (unpaired) electrons. The Morgan fingerprint density at radius 3 is 3.11 bits per heavy atom.